The molecule has 2 aliphatic heterocycles. The van der Waals surface area contributed by atoms with Gasteiger partial charge in [0, 0.05) is 51.5 Å². The Morgan fingerprint density at radius 3 is 1.62 bits per heavy atom. The van der Waals surface area contributed by atoms with E-state index in [1.54, 1.807) is 23.7 Å². The number of H-pyrrole nitrogens is 2. The summed E-state index contributed by atoms with van der Waals surface area (Å²) in [5.74, 6) is 0. The number of aromatic amines is 2. The van der Waals surface area contributed by atoms with Crippen molar-refractivity contribution in [2.24, 2.45) is 0 Å². The van der Waals surface area contributed by atoms with E-state index in [2.05, 4.69) is 60.2 Å². The molecule has 34 heavy (non-hydrogen) atoms. The first-order chi connectivity index (χ1) is 16.3. The van der Waals surface area contributed by atoms with E-state index in [1.807, 2.05) is 53.9 Å². The van der Waals surface area contributed by atoms with Crippen molar-refractivity contribution >= 4 is 68.1 Å². The number of fused-ring (bicyclic) bond motifs is 9. The van der Waals surface area contributed by atoms with Gasteiger partial charge in [0.15, 0.2) is 0 Å². The Bertz CT molecular complexity index is 1570. The SMILES string of the molecule is C1=Cc2cc3ccc(cc4ccc(cc5nc(cc1n2)C=C5)[nH]4)[nH]3.[Fe].c1cnc2sccc2n1. The molecular formula is C26H18FeN6S. The second-order valence-corrected chi connectivity index (χ2v) is 8.47. The van der Waals surface area contributed by atoms with Crippen LogP contribution < -0.4 is 0 Å². The fraction of sp³-hybridized carbons (Fsp3) is 0. The van der Waals surface area contributed by atoms with E-state index in [9.17, 15) is 0 Å². The van der Waals surface area contributed by atoms with Gasteiger partial charge < -0.3 is 9.97 Å². The molecule has 0 aliphatic carbocycles. The summed E-state index contributed by atoms with van der Waals surface area (Å²) in [6.07, 6.45) is 11.5. The molecule has 0 saturated carbocycles. The Kier molecular flexibility index (Phi) is 6.18. The number of nitrogens with one attached hydrogen (secondary N) is 2. The van der Waals surface area contributed by atoms with E-state index in [0.717, 1.165) is 55.2 Å². The molecule has 5 aromatic heterocycles. The molecule has 8 heteroatoms. The molecule has 7 rings (SSSR count). The van der Waals surface area contributed by atoms with Crippen molar-refractivity contribution in [3.05, 3.63) is 95.1 Å². The summed E-state index contributed by atoms with van der Waals surface area (Å²) in [6.45, 7) is 0. The Labute approximate surface area is 209 Å². The van der Waals surface area contributed by atoms with Crippen molar-refractivity contribution in [2.45, 2.75) is 0 Å². The van der Waals surface area contributed by atoms with Gasteiger partial charge >= 0.3 is 0 Å². The van der Waals surface area contributed by atoms with Crippen molar-refractivity contribution in [3.8, 4) is 0 Å². The smallest absolute Gasteiger partial charge is 0.141 e. The molecule has 2 N–H and O–H groups in total. The van der Waals surface area contributed by atoms with Gasteiger partial charge in [-0.25, -0.2) is 15.0 Å². The number of nitrogens with zero attached hydrogens (tertiary/aromatic N) is 4. The molecular weight excluding hydrogens is 484 g/mol. The van der Waals surface area contributed by atoms with E-state index in [4.69, 9.17) is 0 Å². The average Bonchev–Trinajstić information content (AvgIpc) is 3.63. The Morgan fingerprint density at radius 1 is 0.559 bits per heavy atom. The maximum absolute atomic E-state index is 4.62. The molecule has 6 nitrogen and oxygen atoms in total. The van der Waals surface area contributed by atoms with Crippen LogP contribution in [0.2, 0.25) is 0 Å². The zero-order valence-corrected chi connectivity index (χ0v) is 19.7. The van der Waals surface area contributed by atoms with Gasteiger partial charge in [0.1, 0.15) is 4.83 Å². The molecule has 5 aromatic rings. The molecule has 0 spiro atoms. The van der Waals surface area contributed by atoms with Gasteiger partial charge in [0.2, 0.25) is 0 Å². The molecule has 0 amide bonds. The summed E-state index contributed by atoms with van der Waals surface area (Å²) < 4.78 is 0. The van der Waals surface area contributed by atoms with Crippen LogP contribution in [0.3, 0.4) is 0 Å². The normalized spacial score (nSPS) is 11.6. The maximum atomic E-state index is 4.62. The second-order valence-electron chi connectivity index (χ2n) is 7.57. The Balaban J connectivity index is 0.000000203. The fourth-order valence-electron chi connectivity index (χ4n) is 3.65. The maximum Gasteiger partial charge on any atom is 0.141 e. The molecule has 166 valence electrons. The van der Waals surface area contributed by atoms with Gasteiger partial charge in [-0.05, 0) is 84.3 Å². The van der Waals surface area contributed by atoms with Crippen molar-refractivity contribution in [1.29, 1.82) is 0 Å². The Hall–Kier alpha value is -3.84. The van der Waals surface area contributed by atoms with Crippen LogP contribution in [0.4, 0.5) is 0 Å². The standard InChI is InChI=1S/C20H14N4.C6H4N2S.Fe/c1-2-14-10-16-5-6-18(23-16)12-20-8-7-19(24-20)11-17-4-3-15(22-17)9-13(1)21-14;1-4-9-6-5(1)7-2-3-8-6;/h1-12,21-22H;1-4H;. The Morgan fingerprint density at radius 2 is 1.06 bits per heavy atom. The topological polar surface area (TPSA) is 83.1 Å². The van der Waals surface area contributed by atoms with Crippen LogP contribution in [0.25, 0.3) is 56.7 Å². The molecule has 2 aliphatic rings. The van der Waals surface area contributed by atoms with E-state index in [1.165, 1.54) is 0 Å². The minimum absolute atomic E-state index is 0. The summed E-state index contributed by atoms with van der Waals surface area (Å²) in [4.78, 5) is 25.2. The predicted molar refractivity (Wildman–Crippen MR) is 136 cm³/mol. The summed E-state index contributed by atoms with van der Waals surface area (Å²) in [5.41, 5.74) is 8.85. The second kappa shape index (κ2) is 9.57. The number of hydrogen-bond acceptors (Lipinski definition) is 5. The molecule has 8 bridgehead atoms. The van der Waals surface area contributed by atoms with Crippen molar-refractivity contribution in [2.75, 3.05) is 0 Å². The molecule has 7 heterocycles. The summed E-state index contributed by atoms with van der Waals surface area (Å²) in [5, 5.41) is 1.99. The zero-order chi connectivity index (χ0) is 22.0. The average molecular weight is 502 g/mol. The molecule has 0 aromatic carbocycles. The van der Waals surface area contributed by atoms with Gasteiger partial charge in [0.05, 0.1) is 28.3 Å². The summed E-state index contributed by atoms with van der Waals surface area (Å²) >= 11 is 1.61. The van der Waals surface area contributed by atoms with E-state index in [-0.39, 0.29) is 17.1 Å². The van der Waals surface area contributed by atoms with E-state index < -0.39 is 0 Å². The van der Waals surface area contributed by atoms with Gasteiger partial charge in [-0.15, -0.1) is 11.3 Å². The van der Waals surface area contributed by atoms with Gasteiger partial charge in [0.25, 0.3) is 0 Å². The predicted octanol–water partition coefficient (Wildman–Crippen LogP) is 6.34. The minimum Gasteiger partial charge on any atom is -0.355 e. The number of thiophene rings is 1. The van der Waals surface area contributed by atoms with Crippen LogP contribution >= 0.6 is 11.3 Å². The monoisotopic (exact) mass is 502 g/mol. The van der Waals surface area contributed by atoms with Gasteiger partial charge in [-0.2, -0.15) is 0 Å². The third kappa shape index (κ3) is 4.89. The number of rotatable bonds is 0. The summed E-state index contributed by atoms with van der Waals surface area (Å²) in [7, 11) is 0. The molecule has 0 unspecified atom stereocenters. The minimum atomic E-state index is 0. The summed E-state index contributed by atoms with van der Waals surface area (Å²) in [6, 6.07) is 18.4. The van der Waals surface area contributed by atoms with Crippen molar-refractivity contribution in [3.63, 3.8) is 0 Å². The molecule has 0 saturated heterocycles. The largest absolute Gasteiger partial charge is 0.355 e. The number of aromatic nitrogens is 6. The number of hydrogen-bond donors (Lipinski definition) is 2. The van der Waals surface area contributed by atoms with E-state index >= 15 is 0 Å². The van der Waals surface area contributed by atoms with Crippen LogP contribution in [0.15, 0.2) is 72.4 Å². The molecule has 0 atom stereocenters. The quantitative estimate of drug-likeness (QED) is 0.237. The van der Waals surface area contributed by atoms with E-state index in [0.29, 0.717) is 0 Å². The van der Waals surface area contributed by atoms with Crippen LogP contribution in [-0.4, -0.2) is 29.9 Å². The van der Waals surface area contributed by atoms with Crippen molar-refractivity contribution < 1.29 is 17.1 Å². The first-order valence-electron chi connectivity index (χ1n) is 10.5. The van der Waals surface area contributed by atoms with Gasteiger partial charge in [-0.1, -0.05) is 0 Å². The third-order valence-electron chi connectivity index (χ3n) is 5.14. The zero-order valence-electron chi connectivity index (χ0n) is 17.8. The molecule has 0 radical (unpaired) electrons. The third-order valence-corrected chi connectivity index (χ3v) is 5.95. The van der Waals surface area contributed by atoms with Gasteiger partial charge in [-0.3, -0.25) is 4.98 Å². The molecule has 0 fully saturated rings. The van der Waals surface area contributed by atoms with Crippen LogP contribution in [0, 0.1) is 0 Å². The van der Waals surface area contributed by atoms with Crippen LogP contribution in [0.5, 0.6) is 0 Å². The van der Waals surface area contributed by atoms with Crippen LogP contribution in [-0.2, 0) is 17.1 Å². The van der Waals surface area contributed by atoms with Crippen molar-refractivity contribution in [1.82, 2.24) is 29.9 Å². The fourth-order valence-corrected chi connectivity index (χ4v) is 4.34. The van der Waals surface area contributed by atoms with Crippen LogP contribution in [0.1, 0.15) is 22.8 Å². The first kappa shape index (κ1) is 22.0. The first-order valence-corrected chi connectivity index (χ1v) is 11.3.